The highest BCUT2D eigenvalue weighted by atomic mass is 16.5. The van der Waals surface area contributed by atoms with Crippen molar-refractivity contribution >= 4 is 5.91 Å². The van der Waals surface area contributed by atoms with Gasteiger partial charge in [-0.25, -0.2) is 0 Å². The standard InChI is InChI=1S/C30H30N2O3/c33-30(29-21-5-1-3-7-27(21)35-28-8-4-2-6-22(28)29)31-16-23-24-17-32(18-25(23)24)13-11-19-9-10-26-20(15-19)12-14-34-26/h1-10,15,23-25,29H,11-14,16-18H2,(H,31,33)/t23-,24-,25+. The molecule has 1 aliphatic carbocycles. The summed E-state index contributed by atoms with van der Waals surface area (Å²) in [6.45, 7) is 5.01. The second-order valence-corrected chi connectivity index (χ2v) is 10.4. The molecule has 3 aliphatic heterocycles. The molecule has 3 aromatic rings. The van der Waals surface area contributed by atoms with Crippen LogP contribution in [-0.2, 0) is 17.6 Å². The number of hydrogen-bond acceptors (Lipinski definition) is 4. The maximum Gasteiger partial charge on any atom is 0.232 e. The number of hydrogen-bond donors (Lipinski definition) is 1. The number of fused-ring (bicyclic) bond motifs is 4. The highest BCUT2D eigenvalue weighted by Gasteiger charge is 2.55. The normalized spacial score (nSPS) is 23.9. The van der Waals surface area contributed by atoms with E-state index in [1.54, 1.807) is 0 Å². The molecule has 1 N–H and O–H groups in total. The Labute approximate surface area is 206 Å². The average molecular weight is 467 g/mol. The molecule has 3 heterocycles. The van der Waals surface area contributed by atoms with Crippen LogP contribution in [0, 0.1) is 17.8 Å². The summed E-state index contributed by atoms with van der Waals surface area (Å²) >= 11 is 0. The number of carbonyl (C=O) groups excluding carboxylic acids is 1. The van der Waals surface area contributed by atoms with Gasteiger partial charge in [0.2, 0.25) is 5.91 Å². The summed E-state index contributed by atoms with van der Waals surface area (Å²) in [6, 6.07) is 22.4. The Kier molecular flexibility index (Phi) is 5.05. The summed E-state index contributed by atoms with van der Waals surface area (Å²) in [5, 5.41) is 3.30. The molecule has 0 unspecified atom stereocenters. The molecule has 4 aliphatic rings. The van der Waals surface area contributed by atoms with E-state index in [4.69, 9.17) is 9.47 Å². The molecule has 1 saturated heterocycles. The second kappa shape index (κ2) is 8.42. The predicted octanol–water partition coefficient (Wildman–Crippen LogP) is 4.40. The number of ether oxygens (including phenoxy) is 2. The lowest BCUT2D eigenvalue weighted by Crippen LogP contribution is -2.35. The summed E-state index contributed by atoms with van der Waals surface area (Å²) in [5.74, 6) is 4.43. The van der Waals surface area contributed by atoms with Gasteiger partial charge in [-0.15, -0.1) is 0 Å². The van der Waals surface area contributed by atoms with Crippen LogP contribution in [0.25, 0.3) is 0 Å². The second-order valence-electron chi connectivity index (χ2n) is 10.4. The predicted molar refractivity (Wildman–Crippen MR) is 134 cm³/mol. The van der Waals surface area contributed by atoms with Gasteiger partial charge in [0, 0.05) is 43.7 Å². The molecule has 0 spiro atoms. The quantitative estimate of drug-likeness (QED) is 0.585. The molecule has 5 heteroatoms. The molecule has 3 aromatic carbocycles. The van der Waals surface area contributed by atoms with Crippen molar-refractivity contribution in [1.29, 1.82) is 0 Å². The number of para-hydroxylation sites is 2. The van der Waals surface area contributed by atoms with Crippen LogP contribution in [0.2, 0.25) is 0 Å². The highest BCUT2D eigenvalue weighted by Crippen LogP contribution is 2.51. The number of amides is 1. The van der Waals surface area contributed by atoms with Crippen molar-refractivity contribution in [2.45, 2.75) is 18.8 Å². The lowest BCUT2D eigenvalue weighted by Gasteiger charge is -2.27. The van der Waals surface area contributed by atoms with Gasteiger partial charge >= 0.3 is 0 Å². The Hall–Kier alpha value is -3.31. The first-order valence-electron chi connectivity index (χ1n) is 12.8. The minimum absolute atomic E-state index is 0.0793. The van der Waals surface area contributed by atoms with E-state index in [0.29, 0.717) is 5.92 Å². The molecule has 1 saturated carbocycles. The Balaban J connectivity index is 0.939. The van der Waals surface area contributed by atoms with E-state index in [2.05, 4.69) is 28.4 Å². The van der Waals surface area contributed by atoms with Crippen molar-refractivity contribution in [1.82, 2.24) is 10.2 Å². The minimum Gasteiger partial charge on any atom is -0.493 e. The van der Waals surface area contributed by atoms with Gasteiger partial charge < -0.3 is 19.7 Å². The average Bonchev–Trinajstić information content (AvgIpc) is 3.21. The largest absolute Gasteiger partial charge is 0.493 e. The number of likely N-dealkylation sites (tertiary alicyclic amines) is 1. The lowest BCUT2D eigenvalue weighted by molar-refractivity contribution is -0.121. The smallest absolute Gasteiger partial charge is 0.232 e. The molecular weight excluding hydrogens is 436 g/mol. The van der Waals surface area contributed by atoms with Crippen LogP contribution in [0.5, 0.6) is 17.2 Å². The van der Waals surface area contributed by atoms with Crippen LogP contribution in [0.1, 0.15) is 28.2 Å². The number of rotatable bonds is 6. The topological polar surface area (TPSA) is 50.8 Å². The van der Waals surface area contributed by atoms with E-state index in [9.17, 15) is 4.79 Å². The zero-order chi connectivity index (χ0) is 23.4. The van der Waals surface area contributed by atoms with E-state index in [1.807, 2.05) is 48.5 Å². The summed E-state index contributed by atoms with van der Waals surface area (Å²) < 4.78 is 11.7. The highest BCUT2D eigenvalue weighted by molar-refractivity contribution is 5.89. The van der Waals surface area contributed by atoms with Crippen LogP contribution in [-0.4, -0.2) is 43.6 Å². The van der Waals surface area contributed by atoms with E-state index in [1.165, 1.54) is 11.1 Å². The summed E-state index contributed by atoms with van der Waals surface area (Å²) in [6.07, 6.45) is 2.13. The van der Waals surface area contributed by atoms with Gasteiger partial charge in [-0.2, -0.15) is 0 Å². The molecule has 3 atom stereocenters. The van der Waals surface area contributed by atoms with Gasteiger partial charge in [-0.05, 0) is 53.5 Å². The fraction of sp³-hybridized carbons (Fsp3) is 0.367. The van der Waals surface area contributed by atoms with Crippen molar-refractivity contribution in [2.75, 3.05) is 32.8 Å². The summed E-state index contributed by atoms with van der Waals surface area (Å²) in [7, 11) is 0. The fourth-order valence-corrected chi connectivity index (χ4v) is 6.42. The molecule has 35 heavy (non-hydrogen) atoms. The minimum atomic E-state index is -0.316. The van der Waals surface area contributed by atoms with Gasteiger partial charge in [0.15, 0.2) is 0 Å². The van der Waals surface area contributed by atoms with E-state index < -0.39 is 0 Å². The Morgan fingerprint density at radius 2 is 1.63 bits per heavy atom. The number of nitrogens with zero attached hydrogens (tertiary/aromatic N) is 1. The molecule has 7 rings (SSSR count). The lowest BCUT2D eigenvalue weighted by atomic mass is 9.87. The third kappa shape index (κ3) is 3.79. The zero-order valence-electron chi connectivity index (χ0n) is 19.8. The van der Waals surface area contributed by atoms with E-state index >= 15 is 0 Å². The Morgan fingerprint density at radius 3 is 2.37 bits per heavy atom. The monoisotopic (exact) mass is 466 g/mol. The van der Waals surface area contributed by atoms with Crippen LogP contribution >= 0.6 is 0 Å². The maximum atomic E-state index is 13.4. The molecule has 0 bridgehead atoms. The van der Waals surface area contributed by atoms with Gasteiger partial charge in [0.25, 0.3) is 0 Å². The van der Waals surface area contributed by atoms with Crippen LogP contribution in [0.15, 0.2) is 66.7 Å². The first kappa shape index (κ1) is 21.0. The maximum absolute atomic E-state index is 13.4. The molecular formula is C30H30N2O3. The fourth-order valence-electron chi connectivity index (χ4n) is 6.42. The molecule has 5 nitrogen and oxygen atoms in total. The van der Waals surface area contributed by atoms with Crippen molar-refractivity contribution in [3.8, 4) is 17.2 Å². The Bertz CT molecular complexity index is 1230. The van der Waals surface area contributed by atoms with E-state index in [-0.39, 0.29) is 11.8 Å². The van der Waals surface area contributed by atoms with Crippen molar-refractivity contribution in [2.24, 2.45) is 17.8 Å². The van der Waals surface area contributed by atoms with E-state index in [0.717, 1.165) is 85.8 Å². The summed E-state index contributed by atoms with van der Waals surface area (Å²) in [5.41, 5.74) is 4.67. The van der Waals surface area contributed by atoms with Gasteiger partial charge in [-0.1, -0.05) is 48.5 Å². The Morgan fingerprint density at radius 1 is 0.914 bits per heavy atom. The third-order valence-electron chi connectivity index (χ3n) is 8.37. The first-order chi connectivity index (χ1) is 17.2. The van der Waals surface area contributed by atoms with Crippen LogP contribution in [0.4, 0.5) is 0 Å². The van der Waals surface area contributed by atoms with Crippen molar-refractivity contribution in [3.05, 3.63) is 89.0 Å². The van der Waals surface area contributed by atoms with Crippen LogP contribution < -0.4 is 14.8 Å². The van der Waals surface area contributed by atoms with Gasteiger partial charge in [0.05, 0.1) is 12.5 Å². The summed E-state index contributed by atoms with van der Waals surface area (Å²) in [4.78, 5) is 16.0. The molecule has 1 amide bonds. The van der Waals surface area contributed by atoms with Crippen LogP contribution in [0.3, 0.4) is 0 Å². The third-order valence-corrected chi connectivity index (χ3v) is 8.37. The van der Waals surface area contributed by atoms with Crippen molar-refractivity contribution in [3.63, 3.8) is 0 Å². The van der Waals surface area contributed by atoms with Gasteiger partial charge in [-0.3, -0.25) is 4.79 Å². The number of benzene rings is 3. The molecule has 178 valence electrons. The first-order valence-corrected chi connectivity index (χ1v) is 12.8. The molecule has 0 radical (unpaired) electrons. The SMILES string of the molecule is O=C(NC[C@@H]1[C@H]2CN(CCc3ccc4c(c3)CCO4)C[C@@H]12)C1c2ccccc2Oc2ccccc21. The molecule has 0 aromatic heterocycles. The number of carbonyl (C=O) groups is 1. The van der Waals surface area contributed by atoms with Gasteiger partial charge in [0.1, 0.15) is 17.2 Å². The number of nitrogens with one attached hydrogen (secondary N) is 1. The van der Waals surface area contributed by atoms with Crippen molar-refractivity contribution < 1.29 is 14.3 Å². The molecule has 2 fully saturated rings. The zero-order valence-corrected chi connectivity index (χ0v) is 19.8. The number of piperidine rings is 1.